The lowest BCUT2D eigenvalue weighted by Gasteiger charge is -2.19. The highest BCUT2D eigenvalue weighted by Gasteiger charge is 2.31. The van der Waals surface area contributed by atoms with E-state index in [1.165, 1.54) is 18.4 Å². The van der Waals surface area contributed by atoms with Crippen LogP contribution in [0.25, 0.3) is 0 Å². The average molecular weight is 285 g/mol. The van der Waals surface area contributed by atoms with Gasteiger partial charge in [0.15, 0.2) is 0 Å². The van der Waals surface area contributed by atoms with Crippen molar-refractivity contribution in [1.29, 1.82) is 0 Å². The van der Waals surface area contributed by atoms with Crippen LogP contribution < -0.4 is 10.1 Å². The van der Waals surface area contributed by atoms with Crippen LogP contribution >= 0.6 is 0 Å². The maximum Gasteiger partial charge on any atom is 0.118 e. The predicted molar refractivity (Wildman–Crippen MR) is 83.4 cm³/mol. The number of methoxy groups -OCH3 is 1. The number of benzene rings is 1. The molecule has 0 radical (unpaired) electrons. The van der Waals surface area contributed by atoms with E-state index in [0.29, 0.717) is 6.04 Å². The van der Waals surface area contributed by atoms with E-state index in [9.17, 15) is 0 Å². The summed E-state index contributed by atoms with van der Waals surface area (Å²) in [6, 6.07) is 11.0. The van der Waals surface area contributed by atoms with Gasteiger partial charge in [0.1, 0.15) is 5.75 Å². The summed E-state index contributed by atoms with van der Waals surface area (Å²) >= 11 is 0. The monoisotopic (exact) mass is 285 g/mol. The topological polar surface area (TPSA) is 39.1 Å². The average Bonchev–Trinajstić information content (AvgIpc) is 3.26. The Morgan fingerprint density at radius 2 is 2.05 bits per heavy atom. The number of hydrogen-bond donors (Lipinski definition) is 1. The smallest absolute Gasteiger partial charge is 0.118 e. The standard InChI is InChI=1S/C17H23N3O/c1-20-12-10-15(19-20)9-11-18-17(13-3-4-13)14-5-7-16(21-2)8-6-14/h5-8,10,12-13,17-18H,3-4,9,11H2,1-2H3. The summed E-state index contributed by atoms with van der Waals surface area (Å²) in [5, 5.41) is 8.13. The van der Waals surface area contributed by atoms with Crippen molar-refractivity contribution in [3.8, 4) is 5.75 Å². The van der Waals surface area contributed by atoms with Gasteiger partial charge in [-0.15, -0.1) is 0 Å². The zero-order chi connectivity index (χ0) is 14.7. The SMILES string of the molecule is COc1ccc(C(NCCc2ccn(C)n2)C2CC2)cc1. The lowest BCUT2D eigenvalue weighted by atomic mass is 10.0. The summed E-state index contributed by atoms with van der Waals surface area (Å²) in [6.07, 6.45) is 5.62. The quantitative estimate of drug-likeness (QED) is 0.850. The first-order valence-electron chi connectivity index (χ1n) is 7.62. The van der Waals surface area contributed by atoms with Crippen molar-refractivity contribution in [3.63, 3.8) is 0 Å². The molecule has 1 unspecified atom stereocenters. The summed E-state index contributed by atoms with van der Waals surface area (Å²) in [4.78, 5) is 0. The van der Waals surface area contributed by atoms with Crippen molar-refractivity contribution < 1.29 is 4.74 Å². The fourth-order valence-corrected chi connectivity index (χ4v) is 2.75. The fraction of sp³-hybridized carbons (Fsp3) is 0.471. The highest BCUT2D eigenvalue weighted by atomic mass is 16.5. The Kier molecular flexibility index (Phi) is 4.25. The first-order valence-corrected chi connectivity index (χ1v) is 7.62. The molecule has 1 aromatic heterocycles. The van der Waals surface area contributed by atoms with E-state index < -0.39 is 0 Å². The van der Waals surface area contributed by atoms with Crippen LogP contribution in [0, 0.1) is 5.92 Å². The minimum Gasteiger partial charge on any atom is -0.497 e. The van der Waals surface area contributed by atoms with Crippen LogP contribution in [-0.4, -0.2) is 23.4 Å². The second kappa shape index (κ2) is 6.31. The van der Waals surface area contributed by atoms with E-state index in [2.05, 4.69) is 28.6 Å². The third-order valence-electron chi connectivity index (χ3n) is 4.08. The molecule has 1 aromatic carbocycles. The van der Waals surface area contributed by atoms with E-state index in [1.54, 1.807) is 7.11 Å². The molecule has 0 amide bonds. The summed E-state index contributed by atoms with van der Waals surface area (Å²) in [5.74, 6) is 1.70. The molecule has 112 valence electrons. The molecule has 1 atom stereocenters. The molecular weight excluding hydrogens is 262 g/mol. The molecule has 1 saturated carbocycles. The second-order valence-electron chi connectivity index (χ2n) is 5.77. The van der Waals surface area contributed by atoms with E-state index in [-0.39, 0.29) is 0 Å². The first kappa shape index (κ1) is 14.1. The van der Waals surface area contributed by atoms with Crippen molar-refractivity contribution in [3.05, 3.63) is 47.8 Å². The molecule has 21 heavy (non-hydrogen) atoms. The molecule has 0 spiro atoms. The minimum absolute atomic E-state index is 0.458. The van der Waals surface area contributed by atoms with Gasteiger partial charge in [0, 0.05) is 32.3 Å². The molecule has 2 aromatic rings. The molecule has 0 saturated heterocycles. The van der Waals surface area contributed by atoms with Gasteiger partial charge in [0.05, 0.1) is 12.8 Å². The number of rotatable bonds is 7. The number of aryl methyl sites for hydroxylation is 1. The highest BCUT2D eigenvalue weighted by molar-refractivity contribution is 5.30. The van der Waals surface area contributed by atoms with Crippen molar-refractivity contribution >= 4 is 0 Å². The molecule has 1 aliphatic rings. The van der Waals surface area contributed by atoms with E-state index >= 15 is 0 Å². The maximum atomic E-state index is 5.24. The Morgan fingerprint density at radius 1 is 1.29 bits per heavy atom. The van der Waals surface area contributed by atoms with Crippen molar-refractivity contribution in [2.24, 2.45) is 13.0 Å². The van der Waals surface area contributed by atoms with Gasteiger partial charge in [-0.25, -0.2) is 0 Å². The number of nitrogens with zero attached hydrogens (tertiary/aromatic N) is 2. The largest absolute Gasteiger partial charge is 0.497 e. The van der Waals surface area contributed by atoms with Gasteiger partial charge in [0.2, 0.25) is 0 Å². The summed E-state index contributed by atoms with van der Waals surface area (Å²) < 4.78 is 7.09. The Labute approximate surface area is 126 Å². The Hall–Kier alpha value is -1.81. The van der Waals surface area contributed by atoms with Crippen LogP contribution in [0.4, 0.5) is 0 Å². The van der Waals surface area contributed by atoms with Gasteiger partial charge < -0.3 is 10.1 Å². The number of aromatic nitrogens is 2. The summed E-state index contributed by atoms with van der Waals surface area (Å²) in [6.45, 7) is 0.963. The number of ether oxygens (including phenoxy) is 1. The molecule has 0 aliphatic heterocycles. The lowest BCUT2D eigenvalue weighted by molar-refractivity contribution is 0.413. The molecule has 1 N–H and O–H groups in total. The molecule has 3 rings (SSSR count). The normalized spacial score (nSPS) is 15.9. The Balaban J connectivity index is 1.59. The molecule has 4 nitrogen and oxygen atoms in total. The molecule has 4 heteroatoms. The molecule has 0 bridgehead atoms. The molecule has 1 heterocycles. The van der Waals surface area contributed by atoms with Gasteiger partial charge in [-0.05, 0) is 42.5 Å². The zero-order valence-electron chi connectivity index (χ0n) is 12.7. The third-order valence-corrected chi connectivity index (χ3v) is 4.08. The molecule has 1 fully saturated rings. The van der Waals surface area contributed by atoms with Gasteiger partial charge >= 0.3 is 0 Å². The summed E-state index contributed by atoms with van der Waals surface area (Å²) in [7, 11) is 3.67. The van der Waals surface area contributed by atoms with Gasteiger partial charge in [0.25, 0.3) is 0 Å². The highest BCUT2D eigenvalue weighted by Crippen LogP contribution is 2.41. The molecular formula is C17H23N3O. The van der Waals surface area contributed by atoms with E-state index in [1.807, 2.05) is 30.1 Å². The fourth-order valence-electron chi connectivity index (χ4n) is 2.75. The maximum absolute atomic E-state index is 5.24. The Morgan fingerprint density at radius 3 is 2.62 bits per heavy atom. The van der Waals surface area contributed by atoms with Crippen molar-refractivity contribution in [2.75, 3.05) is 13.7 Å². The Bertz CT molecular complexity index is 572. The van der Waals surface area contributed by atoms with Crippen LogP contribution in [0.1, 0.15) is 30.1 Å². The van der Waals surface area contributed by atoms with Gasteiger partial charge in [-0.1, -0.05) is 12.1 Å². The minimum atomic E-state index is 0.458. The van der Waals surface area contributed by atoms with Crippen LogP contribution in [0.5, 0.6) is 5.75 Å². The number of hydrogen-bond acceptors (Lipinski definition) is 3. The number of nitrogens with one attached hydrogen (secondary N) is 1. The third kappa shape index (κ3) is 3.64. The van der Waals surface area contributed by atoms with Gasteiger partial charge in [-0.3, -0.25) is 4.68 Å². The second-order valence-corrected chi connectivity index (χ2v) is 5.77. The lowest BCUT2D eigenvalue weighted by Crippen LogP contribution is -2.25. The summed E-state index contributed by atoms with van der Waals surface area (Å²) in [5.41, 5.74) is 2.51. The predicted octanol–water partition coefficient (Wildman–Crippen LogP) is 2.71. The van der Waals surface area contributed by atoms with E-state index in [0.717, 1.165) is 30.3 Å². The van der Waals surface area contributed by atoms with Crippen LogP contribution in [0.15, 0.2) is 36.5 Å². The van der Waals surface area contributed by atoms with Crippen LogP contribution in [-0.2, 0) is 13.5 Å². The zero-order valence-corrected chi connectivity index (χ0v) is 12.7. The van der Waals surface area contributed by atoms with Crippen molar-refractivity contribution in [2.45, 2.75) is 25.3 Å². The van der Waals surface area contributed by atoms with Crippen LogP contribution in [0.2, 0.25) is 0 Å². The van der Waals surface area contributed by atoms with Crippen LogP contribution in [0.3, 0.4) is 0 Å². The van der Waals surface area contributed by atoms with Gasteiger partial charge in [-0.2, -0.15) is 5.10 Å². The van der Waals surface area contributed by atoms with Crippen molar-refractivity contribution in [1.82, 2.24) is 15.1 Å². The van der Waals surface area contributed by atoms with E-state index in [4.69, 9.17) is 4.74 Å². The molecule has 1 aliphatic carbocycles. The first-order chi connectivity index (χ1) is 10.3.